The van der Waals surface area contributed by atoms with E-state index in [1.165, 1.54) is 0 Å². The van der Waals surface area contributed by atoms with Crippen molar-refractivity contribution in [3.05, 3.63) is 0 Å². The van der Waals surface area contributed by atoms with Gasteiger partial charge in [-0.05, 0) is 24.5 Å². The molecule has 4 heteroatoms. The lowest BCUT2D eigenvalue weighted by Gasteiger charge is -2.24. The second kappa shape index (κ2) is 4.70. The second-order valence-electron chi connectivity index (χ2n) is 3.07. The maximum atomic E-state index is 13.1. The smallest absolute Gasteiger partial charge is 0.303 e. The number of hydrogen-bond donors (Lipinski definition) is 1. The molecule has 0 radical (unpaired) electrons. The van der Waals surface area contributed by atoms with Crippen LogP contribution in [0.4, 0.5) is 4.39 Å². The Kier molecular flexibility index (Phi) is 3.85. The first-order valence-electron chi connectivity index (χ1n) is 4.13. The summed E-state index contributed by atoms with van der Waals surface area (Å²) in [6.45, 7) is 0. The third-order valence-electron chi connectivity index (χ3n) is 2.15. The van der Waals surface area contributed by atoms with Crippen LogP contribution < -0.4 is 0 Å². The number of thioether (sulfide) groups is 1. The minimum Gasteiger partial charge on any atom is -0.481 e. The molecule has 0 amide bonds. The zero-order chi connectivity index (χ0) is 8.97. The van der Waals surface area contributed by atoms with E-state index in [2.05, 4.69) is 0 Å². The van der Waals surface area contributed by atoms with E-state index >= 15 is 0 Å². The Labute approximate surface area is 75.5 Å². The molecule has 0 saturated carbocycles. The van der Waals surface area contributed by atoms with Crippen molar-refractivity contribution >= 4 is 17.7 Å². The first-order chi connectivity index (χ1) is 5.70. The topological polar surface area (TPSA) is 37.3 Å². The van der Waals surface area contributed by atoms with Gasteiger partial charge in [0, 0.05) is 12.2 Å². The fourth-order valence-electron chi connectivity index (χ4n) is 1.38. The molecule has 2 unspecified atom stereocenters. The SMILES string of the molecule is O=C(O)CCC1CCSCC1F. The van der Waals surface area contributed by atoms with Crippen LogP contribution in [0.3, 0.4) is 0 Å². The van der Waals surface area contributed by atoms with E-state index in [-0.39, 0.29) is 12.3 Å². The van der Waals surface area contributed by atoms with Crippen LogP contribution in [0.25, 0.3) is 0 Å². The lowest BCUT2D eigenvalue weighted by atomic mass is 9.95. The number of hydrogen-bond acceptors (Lipinski definition) is 2. The summed E-state index contributed by atoms with van der Waals surface area (Å²) in [6, 6.07) is 0. The van der Waals surface area contributed by atoms with Crippen LogP contribution in [-0.4, -0.2) is 28.8 Å². The van der Waals surface area contributed by atoms with Crippen LogP contribution in [0.1, 0.15) is 19.3 Å². The van der Waals surface area contributed by atoms with E-state index in [9.17, 15) is 9.18 Å². The van der Waals surface area contributed by atoms with Crippen molar-refractivity contribution < 1.29 is 14.3 Å². The second-order valence-corrected chi connectivity index (χ2v) is 4.22. The standard InChI is InChI=1S/C8H13FO2S/c9-7-5-12-4-3-6(7)1-2-8(10)11/h6-7H,1-5H2,(H,10,11). The highest BCUT2D eigenvalue weighted by molar-refractivity contribution is 7.99. The molecule has 0 aliphatic carbocycles. The average Bonchev–Trinajstić information content (AvgIpc) is 2.03. The van der Waals surface area contributed by atoms with Gasteiger partial charge in [0.25, 0.3) is 0 Å². The lowest BCUT2D eigenvalue weighted by Crippen LogP contribution is -2.24. The summed E-state index contributed by atoms with van der Waals surface area (Å²) < 4.78 is 13.1. The fourth-order valence-corrected chi connectivity index (χ4v) is 2.52. The van der Waals surface area contributed by atoms with E-state index < -0.39 is 12.1 Å². The van der Waals surface area contributed by atoms with Crippen LogP contribution in [0, 0.1) is 5.92 Å². The van der Waals surface area contributed by atoms with Crippen molar-refractivity contribution in [2.45, 2.75) is 25.4 Å². The van der Waals surface area contributed by atoms with Crippen LogP contribution in [0.15, 0.2) is 0 Å². The predicted octanol–water partition coefficient (Wildman–Crippen LogP) is 1.94. The highest BCUT2D eigenvalue weighted by atomic mass is 32.2. The van der Waals surface area contributed by atoms with Gasteiger partial charge >= 0.3 is 5.97 Å². The zero-order valence-corrected chi connectivity index (χ0v) is 7.65. The summed E-state index contributed by atoms with van der Waals surface area (Å²) in [5.74, 6) is 0.692. The highest BCUT2D eigenvalue weighted by Gasteiger charge is 2.25. The molecule has 1 aliphatic rings. The minimum absolute atomic E-state index is 0.0117. The molecule has 1 rings (SSSR count). The van der Waals surface area contributed by atoms with E-state index in [0.717, 1.165) is 12.2 Å². The van der Waals surface area contributed by atoms with Crippen LogP contribution in [0.5, 0.6) is 0 Å². The lowest BCUT2D eigenvalue weighted by molar-refractivity contribution is -0.137. The highest BCUT2D eigenvalue weighted by Crippen LogP contribution is 2.28. The minimum atomic E-state index is -0.819. The van der Waals surface area contributed by atoms with Gasteiger partial charge in [0.05, 0.1) is 0 Å². The molecule has 12 heavy (non-hydrogen) atoms. The maximum absolute atomic E-state index is 13.1. The monoisotopic (exact) mass is 192 g/mol. The molecular weight excluding hydrogens is 179 g/mol. The molecule has 0 spiro atoms. The van der Waals surface area contributed by atoms with Crippen molar-refractivity contribution in [3.63, 3.8) is 0 Å². The molecule has 2 nitrogen and oxygen atoms in total. The number of aliphatic carboxylic acids is 1. The van der Waals surface area contributed by atoms with Crippen molar-refractivity contribution in [1.29, 1.82) is 0 Å². The Hall–Kier alpha value is -0.250. The van der Waals surface area contributed by atoms with E-state index in [1.54, 1.807) is 11.8 Å². The van der Waals surface area contributed by atoms with Crippen molar-refractivity contribution in [1.82, 2.24) is 0 Å². The third-order valence-corrected chi connectivity index (χ3v) is 3.23. The molecule has 1 heterocycles. The third kappa shape index (κ3) is 3.01. The zero-order valence-electron chi connectivity index (χ0n) is 6.83. The molecule has 1 aliphatic heterocycles. The Balaban J connectivity index is 2.24. The molecular formula is C8H13FO2S. The van der Waals surface area contributed by atoms with Gasteiger partial charge in [-0.15, -0.1) is 0 Å². The van der Waals surface area contributed by atoms with Gasteiger partial charge in [-0.2, -0.15) is 11.8 Å². The predicted molar refractivity (Wildman–Crippen MR) is 47.2 cm³/mol. The molecule has 1 fully saturated rings. The Bertz CT molecular complexity index is 163. The molecule has 1 saturated heterocycles. The summed E-state index contributed by atoms with van der Waals surface area (Å²) >= 11 is 1.62. The van der Waals surface area contributed by atoms with Gasteiger partial charge in [-0.25, -0.2) is 4.39 Å². The van der Waals surface area contributed by atoms with Gasteiger partial charge in [0.15, 0.2) is 0 Å². The number of halogens is 1. The summed E-state index contributed by atoms with van der Waals surface area (Å²) in [4.78, 5) is 10.2. The molecule has 0 aromatic carbocycles. The Morgan fingerprint density at radius 3 is 3.00 bits per heavy atom. The van der Waals surface area contributed by atoms with Crippen molar-refractivity contribution in [2.75, 3.05) is 11.5 Å². The quantitative estimate of drug-likeness (QED) is 0.742. The van der Waals surface area contributed by atoms with Gasteiger partial charge in [0.2, 0.25) is 0 Å². The van der Waals surface area contributed by atoms with Crippen LogP contribution in [0.2, 0.25) is 0 Å². The number of carboxylic acid groups (broad SMARTS) is 1. The maximum Gasteiger partial charge on any atom is 0.303 e. The van der Waals surface area contributed by atoms with Crippen LogP contribution >= 0.6 is 11.8 Å². The van der Waals surface area contributed by atoms with Gasteiger partial charge < -0.3 is 5.11 Å². The Morgan fingerprint density at radius 2 is 2.42 bits per heavy atom. The number of carbonyl (C=O) groups is 1. The molecule has 2 atom stereocenters. The molecule has 1 N–H and O–H groups in total. The van der Waals surface area contributed by atoms with Gasteiger partial charge in [-0.3, -0.25) is 4.79 Å². The first-order valence-corrected chi connectivity index (χ1v) is 5.29. The Morgan fingerprint density at radius 1 is 1.67 bits per heavy atom. The number of rotatable bonds is 3. The van der Waals surface area contributed by atoms with Crippen molar-refractivity contribution in [2.24, 2.45) is 5.92 Å². The summed E-state index contributed by atoms with van der Waals surface area (Å²) in [7, 11) is 0. The molecule has 0 bridgehead atoms. The summed E-state index contributed by atoms with van der Waals surface area (Å²) in [5, 5.41) is 8.40. The average molecular weight is 192 g/mol. The first kappa shape index (κ1) is 9.84. The fraction of sp³-hybridized carbons (Fsp3) is 0.875. The van der Waals surface area contributed by atoms with E-state index in [1.807, 2.05) is 0 Å². The summed E-state index contributed by atoms with van der Waals surface area (Å²) in [6.07, 6.45) is 0.648. The number of carboxylic acids is 1. The number of alkyl halides is 1. The van der Waals surface area contributed by atoms with E-state index in [4.69, 9.17) is 5.11 Å². The van der Waals surface area contributed by atoms with E-state index in [0.29, 0.717) is 12.2 Å². The van der Waals surface area contributed by atoms with Crippen molar-refractivity contribution in [3.8, 4) is 0 Å². The molecule has 0 aromatic heterocycles. The molecule has 70 valence electrons. The largest absolute Gasteiger partial charge is 0.481 e. The van der Waals surface area contributed by atoms with Gasteiger partial charge in [0.1, 0.15) is 6.17 Å². The normalized spacial score (nSPS) is 30.1. The molecule has 0 aromatic rings. The van der Waals surface area contributed by atoms with Gasteiger partial charge in [-0.1, -0.05) is 0 Å². The summed E-state index contributed by atoms with van der Waals surface area (Å²) in [5.41, 5.74) is 0. The van der Waals surface area contributed by atoms with Crippen LogP contribution in [-0.2, 0) is 4.79 Å².